The van der Waals surface area contributed by atoms with E-state index >= 15 is 0 Å². The molecule has 0 amide bonds. The zero-order valence-electron chi connectivity index (χ0n) is 12.8. The molecule has 1 unspecified atom stereocenters. The Bertz CT molecular complexity index is 553. The predicted molar refractivity (Wildman–Crippen MR) is 95.1 cm³/mol. The average molecular weight is 368 g/mol. The molecule has 21 heavy (non-hydrogen) atoms. The van der Waals surface area contributed by atoms with Gasteiger partial charge in [-0.15, -0.1) is 11.3 Å². The molecular weight excluding hydrogens is 346 g/mol. The molecule has 2 heterocycles. The van der Waals surface area contributed by atoms with Crippen molar-refractivity contribution in [3.63, 3.8) is 0 Å². The second kappa shape index (κ2) is 7.92. The molecule has 0 fully saturated rings. The molecule has 5 heteroatoms. The van der Waals surface area contributed by atoms with Gasteiger partial charge < -0.3 is 10.2 Å². The minimum Gasteiger partial charge on any atom is -0.355 e. The van der Waals surface area contributed by atoms with Gasteiger partial charge in [-0.2, -0.15) is 0 Å². The lowest BCUT2D eigenvalue weighted by atomic mass is 10.1. The van der Waals surface area contributed by atoms with Gasteiger partial charge in [0.25, 0.3) is 0 Å². The number of anilines is 1. The van der Waals surface area contributed by atoms with E-state index in [9.17, 15) is 0 Å². The van der Waals surface area contributed by atoms with Crippen LogP contribution in [0.2, 0.25) is 0 Å². The van der Waals surface area contributed by atoms with Crippen molar-refractivity contribution < 1.29 is 0 Å². The Kier molecular flexibility index (Phi) is 6.21. The maximum atomic E-state index is 4.59. The van der Waals surface area contributed by atoms with Crippen molar-refractivity contribution in [2.45, 2.75) is 32.9 Å². The molecule has 0 saturated carbocycles. The number of thiophene rings is 1. The standard InChI is InChI=1S/C16H22BrN3S/c1-4-7-18-12(2)13-5-6-16(19-9-13)20(3)10-15-8-14(17)11-21-15/h5-6,8-9,11-12,18H,4,7,10H2,1-3H3. The summed E-state index contributed by atoms with van der Waals surface area (Å²) in [5, 5.41) is 5.59. The second-order valence-electron chi connectivity index (χ2n) is 5.21. The lowest BCUT2D eigenvalue weighted by Crippen LogP contribution is -2.20. The molecule has 114 valence electrons. The minimum absolute atomic E-state index is 0.352. The topological polar surface area (TPSA) is 28.2 Å². The van der Waals surface area contributed by atoms with E-state index in [1.807, 2.05) is 6.20 Å². The molecule has 0 spiro atoms. The molecule has 0 bridgehead atoms. The normalized spacial score (nSPS) is 12.4. The molecule has 3 nitrogen and oxygen atoms in total. The van der Waals surface area contributed by atoms with Gasteiger partial charge in [0.2, 0.25) is 0 Å². The summed E-state index contributed by atoms with van der Waals surface area (Å²) < 4.78 is 1.15. The quantitative estimate of drug-likeness (QED) is 0.774. The zero-order chi connectivity index (χ0) is 15.2. The highest BCUT2D eigenvalue weighted by atomic mass is 79.9. The van der Waals surface area contributed by atoms with Crippen LogP contribution >= 0.6 is 27.3 Å². The largest absolute Gasteiger partial charge is 0.355 e. The molecule has 1 N–H and O–H groups in total. The third kappa shape index (κ3) is 4.80. The van der Waals surface area contributed by atoms with Crippen LogP contribution in [0.15, 0.2) is 34.2 Å². The number of nitrogens with zero attached hydrogens (tertiary/aromatic N) is 2. The highest BCUT2D eigenvalue weighted by Crippen LogP contribution is 2.23. The van der Waals surface area contributed by atoms with Crippen molar-refractivity contribution in [1.82, 2.24) is 10.3 Å². The van der Waals surface area contributed by atoms with Gasteiger partial charge in [0.1, 0.15) is 5.82 Å². The van der Waals surface area contributed by atoms with Crippen LogP contribution in [0.25, 0.3) is 0 Å². The van der Waals surface area contributed by atoms with Gasteiger partial charge >= 0.3 is 0 Å². The molecule has 0 saturated heterocycles. The lowest BCUT2D eigenvalue weighted by Gasteiger charge is -2.19. The van der Waals surface area contributed by atoms with Crippen molar-refractivity contribution in [1.29, 1.82) is 0 Å². The van der Waals surface area contributed by atoms with E-state index in [2.05, 4.69) is 75.6 Å². The van der Waals surface area contributed by atoms with Gasteiger partial charge in [-0.05, 0) is 53.5 Å². The minimum atomic E-state index is 0.352. The van der Waals surface area contributed by atoms with E-state index in [-0.39, 0.29) is 0 Å². The molecule has 2 aromatic rings. The van der Waals surface area contributed by atoms with Crippen molar-refractivity contribution >= 4 is 33.1 Å². The van der Waals surface area contributed by atoms with Crippen LogP contribution in [0.3, 0.4) is 0 Å². The number of hydrogen-bond acceptors (Lipinski definition) is 4. The predicted octanol–water partition coefficient (Wildman–Crippen LogP) is 4.60. The summed E-state index contributed by atoms with van der Waals surface area (Å²) in [6, 6.07) is 6.77. The van der Waals surface area contributed by atoms with Gasteiger partial charge in [0, 0.05) is 34.0 Å². The number of halogens is 1. The van der Waals surface area contributed by atoms with Crippen molar-refractivity contribution in [2.75, 3.05) is 18.5 Å². The van der Waals surface area contributed by atoms with Gasteiger partial charge in [0.05, 0.1) is 6.54 Å². The van der Waals surface area contributed by atoms with Crippen molar-refractivity contribution in [2.24, 2.45) is 0 Å². The molecule has 2 aromatic heterocycles. The third-order valence-corrected chi connectivity index (χ3v) is 5.06. The van der Waals surface area contributed by atoms with Gasteiger partial charge in [0.15, 0.2) is 0 Å². The molecule has 2 rings (SSSR count). The molecule has 1 atom stereocenters. The van der Waals surface area contributed by atoms with E-state index in [1.165, 1.54) is 10.4 Å². The Morgan fingerprint density at radius 2 is 2.24 bits per heavy atom. The van der Waals surface area contributed by atoms with Crippen molar-refractivity contribution in [3.05, 3.63) is 44.7 Å². The number of aromatic nitrogens is 1. The smallest absolute Gasteiger partial charge is 0.128 e. The van der Waals surface area contributed by atoms with E-state index in [0.29, 0.717) is 6.04 Å². The Labute approximate surface area is 139 Å². The van der Waals surface area contributed by atoms with Crippen LogP contribution in [-0.4, -0.2) is 18.6 Å². The summed E-state index contributed by atoms with van der Waals surface area (Å²) in [6.07, 6.45) is 3.12. The van der Waals surface area contributed by atoms with Crippen LogP contribution in [-0.2, 0) is 6.54 Å². The van der Waals surface area contributed by atoms with E-state index in [1.54, 1.807) is 11.3 Å². The average Bonchev–Trinajstić information content (AvgIpc) is 2.90. The first-order valence-electron chi connectivity index (χ1n) is 7.23. The summed E-state index contributed by atoms with van der Waals surface area (Å²) in [5.41, 5.74) is 1.24. The fourth-order valence-electron chi connectivity index (χ4n) is 2.11. The molecule has 0 aromatic carbocycles. The van der Waals surface area contributed by atoms with E-state index < -0.39 is 0 Å². The Hall–Kier alpha value is -0.910. The molecule has 0 aliphatic rings. The highest BCUT2D eigenvalue weighted by Gasteiger charge is 2.08. The molecule has 0 radical (unpaired) electrons. The van der Waals surface area contributed by atoms with Crippen LogP contribution < -0.4 is 10.2 Å². The Balaban J connectivity index is 1.97. The fraction of sp³-hybridized carbons (Fsp3) is 0.438. The molecule has 0 aliphatic carbocycles. The first kappa shape index (κ1) is 16.5. The van der Waals surface area contributed by atoms with E-state index in [0.717, 1.165) is 29.8 Å². The summed E-state index contributed by atoms with van der Waals surface area (Å²) in [7, 11) is 2.08. The number of pyridine rings is 1. The number of nitrogens with one attached hydrogen (secondary N) is 1. The number of hydrogen-bond donors (Lipinski definition) is 1. The van der Waals surface area contributed by atoms with Crippen LogP contribution in [0.5, 0.6) is 0 Å². The van der Waals surface area contributed by atoms with Crippen LogP contribution in [0.1, 0.15) is 36.8 Å². The maximum Gasteiger partial charge on any atom is 0.128 e. The molecule has 0 aliphatic heterocycles. The van der Waals surface area contributed by atoms with Gasteiger partial charge in [-0.1, -0.05) is 13.0 Å². The van der Waals surface area contributed by atoms with Crippen molar-refractivity contribution in [3.8, 4) is 0 Å². The van der Waals surface area contributed by atoms with Crippen LogP contribution in [0.4, 0.5) is 5.82 Å². The maximum absolute atomic E-state index is 4.59. The van der Waals surface area contributed by atoms with Gasteiger partial charge in [-0.3, -0.25) is 0 Å². The summed E-state index contributed by atoms with van der Waals surface area (Å²) >= 11 is 5.26. The summed E-state index contributed by atoms with van der Waals surface area (Å²) in [4.78, 5) is 8.09. The molecular formula is C16H22BrN3S. The van der Waals surface area contributed by atoms with E-state index in [4.69, 9.17) is 0 Å². The lowest BCUT2D eigenvalue weighted by molar-refractivity contribution is 0.569. The second-order valence-corrected chi connectivity index (χ2v) is 7.12. The summed E-state index contributed by atoms with van der Waals surface area (Å²) in [6.45, 7) is 6.28. The third-order valence-electron chi connectivity index (χ3n) is 3.38. The highest BCUT2D eigenvalue weighted by molar-refractivity contribution is 9.10. The Morgan fingerprint density at radius 1 is 1.43 bits per heavy atom. The fourth-order valence-corrected chi connectivity index (χ4v) is 3.61. The van der Waals surface area contributed by atoms with Gasteiger partial charge in [-0.25, -0.2) is 4.98 Å². The van der Waals surface area contributed by atoms with Crippen LogP contribution in [0, 0.1) is 0 Å². The SMILES string of the molecule is CCCNC(C)c1ccc(N(C)Cc2cc(Br)cs2)nc1. The first-order valence-corrected chi connectivity index (χ1v) is 8.90. The number of rotatable bonds is 7. The monoisotopic (exact) mass is 367 g/mol. The first-order chi connectivity index (χ1) is 10.1. The zero-order valence-corrected chi connectivity index (χ0v) is 15.2. The summed E-state index contributed by atoms with van der Waals surface area (Å²) in [5.74, 6) is 1.01. The Morgan fingerprint density at radius 3 is 2.81 bits per heavy atom.